The van der Waals surface area contributed by atoms with Crippen molar-refractivity contribution in [2.75, 3.05) is 13.1 Å². The van der Waals surface area contributed by atoms with Crippen LogP contribution in [0.3, 0.4) is 0 Å². The first kappa shape index (κ1) is 14.7. The van der Waals surface area contributed by atoms with E-state index in [-0.39, 0.29) is 11.9 Å². The fourth-order valence-electron chi connectivity index (χ4n) is 3.12. The molecule has 1 aromatic heterocycles. The predicted molar refractivity (Wildman–Crippen MR) is 87.7 cm³/mol. The topological polar surface area (TPSA) is 73.1 Å². The summed E-state index contributed by atoms with van der Waals surface area (Å²) in [6, 6.07) is 7.49. The number of amides is 1. The fourth-order valence-corrected chi connectivity index (χ4v) is 3.24. The number of carbonyl (C=O) groups is 1. The van der Waals surface area contributed by atoms with Crippen LogP contribution in [0.25, 0.3) is 11.4 Å². The minimum atomic E-state index is -0.116. The van der Waals surface area contributed by atoms with Gasteiger partial charge in [0.2, 0.25) is 5.91 Å². The Morgan fingerprint density at radius 2 is 2.13 bits per heavy atom. The van der Waals surface area contributed by atoms with Crippen LogP contribution in [0, 0.1) is 0 Å². The Kier molecular flexibility index (Phi) is 3.80. The molecule has 1 fully saturated rings. The van der Waals surface area contributed by atoms with Gasteiger partial charge in [-0.05, 0) is 30.7 Å². The van der Waals surface area contributed by atoms with Crippen molar-refractivity contribution in [2.24, 2.45) is 0 Å². The third-order valence-electron chi connectivity index (χ3n) is 4.39. The Balaban J connectivity index is 1.53. The Labute approximate surface area is 139 Å². The van der Waals surface area contributed by atoms with Crippen LogP contribution in [0.2, 0.25) is 5.02 Å². The van der Waals surface area contributed by atoms with Gasteiger partial charge in [-0.25, -0.2) is 10.4 Å². The van der Waals surface area contributed by atoms with Crippen LogP contribution in [0.5, 0.6) is 0 Å². The van der Waals surface area contributed by atoms with Crippen LogP contribution in [0.15, 0.2) is 24.3 Å². The number of hydrazine groups is 1. The van der Waals surface area contributed by atoms with E-state index >= 15 is 0 Å². The van der Waals surface area contributed by atoms with Crippen molar-refractivity contribution >= 4 is 17.5 Å². The lowest BCUT2D eigenvalue weighted by Crippen LogP contribution is -2.47. The highest BCUT2D eigenvalue weighted by molar-refractivity contribution is 6.30. The third kappa shape index (κ3) is 2.85. The minimum absolute atomic E-state index is 0.116. The largest absolute Gasteiger partial charge is 0.340 e. The maximum absolute atomic E-state index is 12.5. The van der Waals surface area contributed by atoms with Crippen molar-refractivity contribution in [3.8, 4) is 11.4 Å². The molecule has 0 saturated carbocycles. The van der Waals surface area contributed by atoms with Gasteiger partial charge in [-0.3, -0.25) is 10.2 Å². The molecule has 1 amide bonds. The summed E-state index contributed by atoms with van der Waals surface area (Å²) < 4.78 is 0. The van der Waals surface area contributed by atoms with Gasteiger partial charge in [0.05, 0.1) is 17.9 Å². The van der Waals surface area contributed by atoms with Crippen LogP contribution in [0.4, 0.5) is 0 Å². The molecule has 1 atom stereocenters. The molecule has 3 N–H and O–H groups in total. The van der Waals surface area contributed by atoms with Crippen LogP contribution in [-0.2, 0) is 17.8 Å². The van der Waals surface area contributed by atoms with Crippen molar-refractivity contribution < 1.29 is 4.79 Å². The SMILES string of the molecule is O=C(C1CCNN1)N1CCc2nc(-c3ccc(Cl)cc3)[nH]c2C1. The first-order chi connectivity index (χ1) is 11.2. The number of rotatable bonds is 2. The highest BCUT2D eigenvalue weighted by atomic mass is 35.5. The fraction of sp³-hybridized carbons (Fsp3) is 0.375. The Hall–Kier alpha value is -1.89. The molecule has 1 unspecified atom stereocenters. The Morgan fingerprint density at radius 1 is 1.30 bits per heavy atom. The summed E-state index contributed by atoms with van der Waals surface area (Å²) >= 11 is 5.93. The van der Waals surface area contributed by atoms with E-state index in [1.165, 1.54) is 0 Å². The summed E-state index contributed by atoms with van der Waals surface area (Å²) in [6.07, 6.45) is 1.62. The molecule has 1 saturated heterocycles. The van der Waals surface area contributed by atoms with Gasteiger partial charge >= 0.3 is 0 Å². The van der Waals surface area contributed by atoms with Gasteiger partial charge in [0.25, 0.3) is 0 Å². The number of benzene rings is 1. The van der Waals surface area contributed by atoms with Crippen molar-refractivity contribution in [3.05, 3.63) is 40.7 Å². The second kappa shape index (κ2) is 5.96. The van der Waals surface area contributed by atoms with Crippen LogP contribution in [0.1, 0.15) is 17.8 Å². The normalized spacial score (nSPS) is 20.6. The highest BCUT2D eigenvalue weighted by Crippen LogP contribution is 2.24. The van der Waals surface area contributed by atoms with Gasteiger partial charge < -0.3 is 9.88 Å². The lowest BCUT2D eigenvalue weighted by molar-refractivity contribution is -0.134. The molecule has 0 aliphatic carbocycles. The summed E-state index contributed by atoms with van der Waals surface area (Å²) in [6.45, 7) is 2.14. The summed E-state index contributed by atoms with van der Waals surface area (Å²) in [5.41, 5.74) is 9.13. The zero-order valence-corrected chi connectivity index (χ0v) is 13.4. The molecule has 120 valence electrons. The summed E-state index contributed by atoms with van der Waals surface area (Å²) in [5.74, 6) is 0.991. The minimum Gasteiger partial charge on any atom is -0.340 e. The van der Waals surface area contributed by atoms with Crippen molar-refractivity contribution in [1.82, 2.24) is 25.7 Å². The number of hydrogen-bond donors (Lipinski definition) is 3. The number of carbonyl (C=O) groups excluding carboxylic acids is 1. The molecular formula is C16H18ClN5O. The van der Waals surface area contributed by atoms with E-state index in [4.69, 9.17) is 11.6 Å². The average molecular weight is 332 g/mol. The van der Waals surface area contributed by atoms with E-state index in [9.17, 15) is 4.79 Å². The predicted octanol–water partition coefficient (Wildman–Crippen LogP) is 1.48. The number of imidazole rings is 1. The Morgan fingerprint density at radius 3 is 2.87 bits per heavy atom. The lowest BCUT2D eigenvalue weighted by Gasteiger charge is -2.28. The molecule has 2 aliphatic rings. The van der Waals surface area contributed by atoms with Gasteiger partial charge in [-0.1, -0.05) is 11.6 Å². The number of aromatic nitrogens is 2. The van der Waals surface area contributed by atoms with Crippen LogP contribution >= 0.6 is 11.6 Å². The molecule has 2 aliphatic heterocycles. The molecule has 7 heteroatoms. The number of fused-ring (bicyclic) bond motifs is 1. The van der Waals surface area contributed by atoms with Crippen LogP contribution < -0.4 is 10.9 Å². The average Bonchev–Trinajstić information content (AvgIpc) is 3.23. The summed E-state index contributed by atoms with van der Waals surface area (Å²) in [5, 5.41) is 0.708. The molecule has 3 heterocycles. The zero-order chi connectivity index (χ0) is 15.8. The second-order valence-corrected chi connectivity index (χ2v) is 6.38. The van der Waals surface area contributed by atoms with Gasteiger partial charge in [0.15, 0.2) is 0 Å². The molecule has 0 bridgehead atoms. The number of hydrogen-bond acceptors (Lipinski definition) is 4. The maximum Gasteiger partial charge on any atom is 0.241 e. The van der Waals surface area contributed by atoms with E-state index in [1.54, 1.807) is 0 Å². The quantitative estimate of drug-likeness (QED) is 0.779. The van der Waals surface area contributed by atoms with E-state index < -0.39 is 0 Å². The van der Waals surface area contributed by atoms with E-state index in [2.05, 4.69) is 20.8 Å². The first-order valence-electron chi connectivity index (χ1n) is 7.81. The molecule has 2 aromatic rings. The number of halogens is 1. The van der Waals surface area contributed by atoms with E-state index in [1.807, 2.05) is 29.2 Å². The molecule has 23 heavy (non-hydrogen) atoms. The molecule has 1 aromatic carbocycles. The molecule has 0 radical (unpaired) electrons. The van der Waals surface area contributed by atoms with Crippen molar-refractivity contribution in [2.45, 2.75) is 25.4 Å². The number of nitrogens with one attached hydrogen (secondary N) is 3. The van der Waals surface area contributed by atoms with Gasteiger partial charge in [-0.15, -0.1) is 0 Å². The van der Waals surface area contributed by atoms with Gasteiger partial charge in [0, 0.05) is 30.1 Å². The van der Waals surface area contributed by atoms with E-state index in [0.29, 0.717) is 11.6 Å². The van der Waals surface area contributed by atoms with E-state index in [0.717, 1.165) is 48.7 Å². The second-order valence-electron chi connectivity index (χ2n) is 5.94. The summed E-state index contributed by atoms with van der Waals surface area (Å²) in [7, 11) is 0. The monoisotopic (exact) mass is 331 g/mol. The smallest absolute Gasteiger partial charge is 0.241 e. The van der Waals surface area contributed by atoms with Crippen LogP contribution in [-0.4, -0.2) is 39.9 Å². The van der Waals surface area contributed by atoms with Gasteiger partial charge in [0.1, 0.15) is 11.9 Å². The maximum atomic E-state index is 12.5. The van der Waals surface area contributed by atoms with Gasteiger partial charge in [-0.2, -0.15) is 0 Å². The number of aromatic amines is 1. The molecule has 6 nitrogen and oxygen atoms in total. The standard InChI is InChI=1S/C16H18ClN5O/c17-11-3-1-10(2-4-11)15-19-12-6-8-22(9-14(12)20-15)16(23)13-5-7-18-21-13/h1-4,13,18,21H,5-9H2,(H,19,20). The van der Waals surface area contributed by atoms with Crippen molar-refractivity contribution in [1.29, 1.82) is 0 Å². The first-order valence-corrected chi connectivity index (χ1v) is 8.19. The van der Waals surface area contributed by atoms with Crippen molar-refractivity contribution in [3.63, 3.8) is 0 Å². The molecule has 4 rings (SSSR count). The molecule has 0 spiro atoms. The third-order valence-corrected chi connectivity index (χ3v) is 4.65. The number of nitrogens with zero attached hydrogens (tertiary/aromatic N) is 2. The Bertz CT molecular complexity index is 721. The lowest BCUT2D eigenvalue weighted by atomic mass is 10.1. The zero-order valence-electron chi connectivity index (χ0n) is 12.6. The number of H-pyrrole nitrogens is 1. The summed E-state index contributed by atoms with van der Waals surface area (Å²) in [4.78, 5) is 22.4. The molecular weight excluding hydrogens is 314 g/mol. The highest BCUT2D eigenvalue weighted by Gasteiger charge is 2.30.